The predicted octanol–water partition coefficient (Wildman–Crippen LogP) is 4.46. The first-order valence-corrected chi connectivity index (χ1v) is 11.3. The Morgan fingerprint density at radius 3 is 2.58 bits per heavy atom. The number of alkyl halides is 3. The van der Waals surface area contributed by atoms with Gasteiger partial charge in [0, 0.05) is 41.9 Å². The number of rotatable bonds is 6. The summed E-state index contributed by atoms with van der Waals surface area (Å²) in [7, 11) is -2.25. The summed E-state index contributed by atoms with van der Waals surface area (Å²) in [6.45, 7) is 1.88. The van der Waals surface area contributed by atoms with Gasteiger partial charge in [-0.15, -0.1) is 0 Å². The largest absolute Gasteiger partial charge is 0.435 e. The minimum absolute atomic E-state index is 0.00152. The number of anilines is 2. The molecule has 0 aliphatic rings. The Morgan fingerprint density at radius 2 is 1.91 bits per heavy atom. The van der Waals surface area contributed by atoms with E-state index in [0.29, 0.717) is 17.4 Å². The second kappa shape index (κ2) is 8.49. The maximum absolute atomic E-state index is 13.5. The Bertz CT molecular complexity index is 1420. The molecule has 0 saturated heterocycles. The third-order valence-corrected chi connectivity index (χ3v) is 6.65. The molecule has 0 bridgehead atoms. The van der Waals surface area contributed by atoms with Gasteiger partial charge in [0.05, 0.1) is 11.2 Å². The molecule has 0 fully saturated rings. The first kappa shape index (κ1) is 22.7. The lowest BCUT2D eigenvalue weighted by molar-refractivity contribution is -0.140. The number of aryl methyl sites for hydroxylation is 1. The lowest BCUT2D eigenvalue weighted by Gasteiger charge is -2.15. The van der Waals surface area contributed by atoms with Crippen LogP contribution in [-0.2, 0) is 22.7 Å². The molecule has 4 rings (SSSR count). The highest BCUT2D eigenvalue weighted by molar-refractivity contribution is 7.90. The van der Waals surface area contributed by atoms with Crippen molar-refractivity contribution in [2.24, 2.45) is 0 Å². The molecule has 33 heavy (non-hydrogen) atoms. The molecule has 1 aromatic carbocycles. The Kier molecular flexibility index (Phi) is 5.85. The number of nitrogens with one attached hydrogen (secondary N) is 2. The van der Waals surface area contributed by atoms with Crippen molar-refractivity contribution in [1.29, 1.82) is 0 Å². The molecule has 0 aliphatic heterocycles. The van der Waals surface area contributed by atoms with Crippen molar-refractivity contribution in [2.75, 3.05) is 12.4 Å². The lowest BCUT2D eigenvalue weighted by Crippen LogP contribution is -2.13. The number of pyridine rings is 2. The van der Waals surface area contributed by atoms with Gasteiger partial charge in [-0.3, -0.25) is 4.98 Å². The minimum Gasteiger partial charge on any atom is -0.354 e. The quantitative estimate of drug-likeness (QED) is 0.428. The number of aromatic nitrogens is 3. The van der Waals surface area contributed by atoms with E-state index in [4.69, 9.17) is 0 Å². The molecule has 0 radical (unpaired) electrons. The van der Waals surface area contributed by atoms with E-state index in [1.807, 2.05) is 0 Å². The highest BCUT2D eigenvalue weighted by Gasteiger charge is 2.35. The third kappa shape index (κ3) is 4.41. The lowest BCUT2D eigenvalue weighted by atomic mass is 10.1. The predicted molar refractivity (Wildman–Crippen MR) is 119 cm³/mol. The summed E-state index contributed by atoms with van der Waals surface area (Å²) in [6.07, 6.45) is -0.437. The van der Waals surface area contributed by atoms with Crippen molar-refractivity contribution in [2.45, 2.75) is 24.5 Å². The SMILES string of the molecule is CNCc1cn(S(=O)(=O)c2cccnc2)c2cc(Nc3ccc(C)nc3C(F)(F)F)ccc12. The Balaban J connectivity index is 1.85. The molecule has 11 heteroatoms. The van der Waals surface area contributed by atoms with Crippen LogP contribution in [-0.4, -0.2) is 29.4 Å². The standard InChI is InChI=1S/C22H20F3N5O2S/c1-14-5-8-19(21(28-14)22(23,24)25)29-16-6-7-18-15(11-26-2)13-30(20(18)10-16)33(31,32)17-4-3-9-27-12-17/h3-10,12-13,26,29H,11H2,1-2H3. The molecular formula is C22H20F3N5O2S. The topological polar surface area (TPSA) is 88.9 Å². The van der Waals surface area contributed by atoms with Gasteiger partial charge in [-0.2, -0.15) is 13.2 Å². The van der Waals surface area contributed by atoms with E-state index in [9.17, 15) is 21.6 Å². The number of fused-ring (bicyclic) bond motifs is 1. The number of hydrogen-bond acceptors (Lipinski definition) is 6. The zero-order valence-electron chi connectivity index (χ0n) is 17.7. The molecule has 2 N–H and O–H groups in total. The van der Waals surface area contributed by atoms with Gasteiger partial charge in [0.25, 0.3) is 10.0 Å². The molecule has 4 aromatic rings. The van der Waals surface area contributed by atoms with E-state index in [1.165, 1.54) is 55.8 Å². The van der Waals surface area contributed by atoms with E-state index in [1.54, 1.807) is 19.2 Å². The summed E-state index contributed by atoms with van der Waals surface area (Å²) in [5.41, 5.74) is 0.294. The van der Waals surface area contributed by atoms with Crippen LogP contribution < -0.4 is 10.6 Å². The van der Waals surface area contributed by atoms with Crippen molar-refractivity contribution in [3.05, 3.63) is 78.0 Å². The molecule has 0 unspecified atom stereocenters. The van der Waals surface area contributed by atoms with Gasteiger partial charge in [-0.1, -0.05) is 6.07 Å². The maximum Gasteiger partial charge on any atom is 0.435 e. The van der Waals surface area contributed by atoms with Crippen LogP contribution in [0.15, 0.2) is 66.0 Å². The summed E-state index contributed by atoms with van der Waals surface area (Å²) < 4.78 is 68.1. The minimum atomic E-state index is -4.65. The maximum atomic E-state index is 13.5. The highest BCUT2D eigenvalue weighted by atomic mass is 32.2. The molecule has 0 aliphatic carbocycles. The van der Waals surface area contributed by atoms with E-state index in [2.05, 4.69) is 20.6 Å². The molecule has 3 aromatic heterocycles. The van der Waals surface area contributed by atoms with Crippen LogP contribution in [0.5, 0.6) is 0 Å². The van der Waals surface area contributed by atoms with Crippen LogP contribution in [0.1, 0.15) is 17.0 Å². The van der Waals surface area contributed by atoms with Crippen LogP contribution in [0.2, 0.25) is 0 Å². The van der Waals surface area contributed by atoms with Crippen molar-refractivity contribution in [3.63, 3.8) is 0 Å². The van der Waals surface area contributed by atoms with E-state index in [0.717, 1.165) is 9.54 Å². The van der Waals surface area contributed by atoms with Crippen LogP contribution >= 0.6 is 0 Å². The van der Waals surface area contributed by atoms with Crippen LogP contribution in [0.4, 0.5) is 24.5 Å². The number of hydrogen-bond donors (Lipinski definition) is 2. The van der Waals surface area contributed by atoms with Crippen molar-refractivity contribution in [3.8, 4) is 0 Å². The van der Waals surface area contributed by atoms with Gasteiger partial charge in [0.2, 0.25) is 0 Å². The summed E-state index contributed by atoms with van der Waals surface area (Å²) in [5, 5.41) is 6.39. The third-order valence-electron chi connectivity index (χ3n) is 4.99. The molecule has 0 spiro atoms. The summed E-state index contributed by atoms with van der Waals surface area (Å²) in [6, 6.07) is 10.5. The molecule has 172 valence electrons. The summed E-state index contributed by atoms with van der Waals surface area (Å²) in [4.78, 5) is 7.50. The van der Waals surface area contributed by atoms with Crippen LogP contribution in [0.25, 0.3) is 10.9 Å². The number of benzene rings is 1. The molecule has 3 heterocycles. The first-order chi connectivity index (χ1) is 15.6. The Morgan fingerprint density at radius 1 is 1.12 bits per heavy atom. The Labute approximate surface area is 188 Å². The van der Waals surface area contributed by atoms with Crippen LogP contribution in [0.3, 0.4) is 0 Å². The highest BCUT2D eigenvalue weighted by Crippen LogP contribution is 2.36. The van der Waals surface area contributed by atoms with Crippen molar-refractivity contribution >= 4 is 32.3 Å². The zero-order valence-corrected chi connectivity index (χ0v) is 18.5. The molecule has 0 atom stereocenters. The molecule has 7 nitrogen and oxygen atoms in total. The second-order valence-electron chi connectivity index (χ2n) is 7.38. The molecular weight excluding hydrogens is 455 g/mol. The fourth-order valence-corrected chi connectivity index (χ4v) is 4.86. The van der Waals surface area contributed by atoms with E-state index < -0.39 is 21.9 Å². The number of halogens is 3. The van der Waals surface area contributed by atoms with Gasteiger partial charge in [0.15, 0.2) is 5.69 Å². The monoisotopic (exact) mass is 475 g/mol. The molecule has 0 amide bonds. The fourth-order valence-electron chi connectivity index (χ4n) is 3.52. The second-order valence-corrected chi connectivity index (χ2v) is 9.19. The normalized spacial score (nSPS) is 12.3. The fraction of sp³-hybridized carbons (Fsp3) is 0.182. The first-order valence-electron chi connectivity index (χ1n) is 9.87. The zero-order chi connectivity index (χ0) is 23.8. The van der Waals surface area contributed by atoms with E-state index in [-0.39, 0.29) is 22.0 Å². The van der Waals surface area contributed by atoms with Gasteiger partial charge in [-0.05, 0) is 55.9 Å². The number of nitrogens with zero attached hydrogens (tertiary/aromatic N) is 3. The van der Waals surface area contributed by atoms with Gasteiger partial charge >= 0.3 is 6.18 Å². The average molecular weight is 475 g/mol. The van der Waals surface area contributed by atoms with Gasteiger partial charge < -0.3 is 10.6 Å². The summed E-state index contributed by atoms with van der Waals surface area (Å²) in [5.74, 6) is 0. The van der Waals surface area contributed by atoms with E-state index >= 15 is 0 Å². The van der Waals surface area contributed by atoms with Crippen LogP contribution in [0, 0.1) is 6.92 Å². The van der Waals surface area contributed by atoms with Gasteiger partial charge in [0.1, 0.15) is 4.90 Å². The summed E-state index contributed by atoms with van der Waals surface area (Å²) >= 11 is 0. The van der Waals surface area contributed by atoms with Gasteiger partial charge in [-0.25, -0.2) is 17.4 Å². The smallest absolute Gasteiger partial charge is 0.354 e. The van der Waals surface area contributed by atoms with Crippen molar-refractivity contribution < 1.29 is 21.6 Å². The molecule has 0 saturated carbocycles. The average Bonchev–Trinajstić information content (AvgIpc) is 3.14. The van der Waals surface area contributed by atoms with Crippen molar-refractivity contribution in [1.82, 2.24) is 19.3 Å². The Hall–Kier alpha value is -3.44.